The van der Waals surface area contributed by atoms with Gasteiger partial charge < -0.3 is 25.6 Å². The van der Waals surface area contributed by atoms with E-state index in [4.69, 9.17) is 4.74 Å². The minimum absolute atomic E-state index is 0.213. The molecule has 0 radical (unpaired) electrons. The van der Waals surface area contributed by atoms with Crippen molar-refractivity contribution in [2.45, 2.75) is 58.2 Å². The zero-order valence-corrected chi connectivity index (χ0v) is 21.7. The average Bonchev–Trinajstić information content (AvgIpc) is 2.88. The van der Waals surface area contributed by atoms with E-state index in [0.717, 1.165) is 16.7 Å². The third-order valence-corrected chi connectivity index (χ3v) is 6.38. The van der Waals surface area contributed by atoms with Gasteiger partial charge in [0.2, 0.25) is 23.6 Å². The molecule has 0 fully saturated rings. The fourth-order valence-corrected chi connectivity index (χ4v) is 4.13. The molecule has 3 rings (SSSR count). The van der Waals surface area contributed by atoms with Gasteiger partial charge in [0.25, 0.3) is 0 Å². The van der Waals surface area contributed by atoms with Gasteiger partial charge in [-0.3, -0.25) is 19.2 Å². The number of rotatable bonds is 4. The van der Waals surface area contributed by atoms with Crippen LogP contribution in [0.3, 0.4) is 0 Å². The van der Waals surface area contributed by atoms with E-state index in [9.17, 15) is 19.2 Å². The third kappa shape index (κ3) is 8.63. The van der Waals surface area contributed by atoms with Gasteiger partial charge in [-0.15, -0.1) is 0 Å². The molecule has 1 heterocycles. The summed E-state index contributed by atoms with van der Waals surface area (Å²) >= 11 is 0. The first-order valence-corrected chi connectivity index (χ1v) is 12.6. The van der Waals surface area contributed by atoms with Crippen LogP contribution in [-0.4, -0.2) is 60.8 Å². The molecule has 3 N–H and O–H groups in total. The highest BCUT2D eigenvalue weighted by atomic mass is 16.5. The van der Waals surface area contributed by atoms with Crippen LogP contribution in [0, 0.1) is 6.92 Å². The van der Waals surface area contributed by atoms with Gasteiger partial charge in [-0.05, 0) is 55.0 Å². The first-order valence-electron chi connectivity index (χ1n) is 12.6. The molecule has 4 amide bonds. The number of ether oxygens (including phenoxy) is 1. The predicted octanol–water partition coefficient (Wildman–Crippen LogP) is 1.86. The molecule has 0 aliphatic carbocycles. The molecule has 9 nitrogen and oxygen atoms in total. The Labute approximate surface area is 217 Å². The van der Waals surface area contributed by atoms with Crippen molar-refractivity contribution in [1.29, 1.82) is 0 Å². The molecule has 198 valence electrons. The summed E-state index contributed by atoms with van der Waals surface area (Å²) in [5.41, 5.74) is 2.95. The molecule has 2 bridgehead atoms. The van der Waals surface area contributed by atoms with Crippen molar-refractivity contribution in [3.05, 3.63) is 65.2 Å². The molecular formula is C28H36N4O5. The molecular weight excluding hydrogens is 472 g/mol. The second kappa shape index (κ2) is 13.4. The van der Waals surface area contributed by atoms with Gasteiger partial charge in [-0.2, -0.15) is 0 Å². The maximum atomic E-state index is 13.3. The number of carbonyl (C=O) groups excluding carboxylic acids is 4. The lowest BCUT2D eigenvalue weighted by Gasteiger charge is -2.24. The first-order chi connectivity index (χ1) is 17.7. The second-order valence-corrected chi connectivity index (χ2v) is 9.37. The molecule has 0 saturated carbocycles. The highest BCUT2D eigenvalue weighted by Crippen LogP contribution is 2.18. The Hall–Kier alpha value is -3.88. The number of nitrogens with one attached hydrogen (secondary N) is 3. The van der Waals surface area contributed by atoms with Crippen LogP contribution in [-0.2, 0) is 32.1 Å². The average molecular weight is 509 g/mol. The Morgan fingerprint density at radius 3 is 2.59 bits per heavy atom. The van der Waals surface area contributed by atoms with E-state index in [-0.39, 0.29) is 24.8 Å². The number of hydrogen-bond donors (Lipinski definition) is 3. The lowest BCUT2D eigenvalue weighted by molar-refractivity contribution is -0.136. The molecule has 1 aliphatic heterocycles. The Morgan fingerprint density at radius 1 is 1.11 bits per heavy atom. The predicted molar refractivity (Wildman–Crippen MR) is 140 cm³/mol. The van der Waals surface area contributed by atoms with Gasteiger partial charge in [0.15, 0.2) is 0 Å². The summed E-state index contributed by atoms with van der Waals surface area (Å²) in [6.07, 6.45) is 1.30. The number of benzene rings is 2. The summed E-state index contributed by atoms with van der Waals surface area (Å²) < 4.78 is 5.86. The van der Waals surface area contributed by atoms with Crippen LogP contribution in [0.15, 0.2) is 48.5 Å². The summed E-state index contributed by atoms with van der Waals surface area (Å²) in [4.78, 5) is 52.6. The fraction of sp³-hybridized carbons (Fsp3) is 0.429. The van der Waals surface area contributed by atoms with Gasteiger partial charge in [0.05, 0.1) is 13.0 Å². The van der Waals surface area contributed by atoms with Crippen LogP contribution >= 0.6 is 0 Å². The van der Waals surface area contributed by atoms with Crippen molar-refractivity contribution in [3.63, 3.8) is 0 Å². The minimum Gasteiger partial charge on any atom is -0.494 e. The summed E-state index contributed by atoms with van der Waals surface area (Å²) in [5, 5.41) is 8.28. The summed E-state index contributed by atoms with van der Waals surface area (Å²) in [6.45, 7) is 4.36. The number of carbonyl (C=O) groups is 4. The van der Waals surface area contributed by atoms with Crippen LogP contribution in [0.4, 0.5) is 0 Å². The Balaban J connectivity index is 1.86. The zero-order chi connectivity index (χ0) is 26.8. The summed E-state index contributed by atoms with van der Waals surface area (Å²) in [7, 11) is 1.65. The van der Waals surface area contributed by atoms with E-state index >= 15 is 0 Å². The fourth-order valence-electron chi connectivity index (χ4n) is 4.13. The summed E-state index contributed by atoms with van der Waals surface area (Å²) in [5.74, 6) is -0.954. The molecule has 2 atom stereocenters. The van der Waals surface area contributed by atoms with Crippen LogP contribution in [0.25, 0.3) is 0 Å². The van der Waals surface area contributed by atoms with Crippen molar-refractivity contribution >= 4 is 23.6 Å². The quantitative estimate of drug-likeness (QED) is 0.583. The monoisotopic (exact) mass is 508 g/mol. The normalized spacial score (nSPS) is 19.8. The highest BCUT2D eigenvalue weighted by Gasteiger charge is 2.29. The third-order valence-electron chi connectivity index (χ3n) is 6.38. The molecule has 0 unspecified atom stereocenters. The van der Waals surface area contributed by atoms with E-state index in [1.165, 1.54) is 11.8 Å². The van der Waals surface area contributed by atoms with E-state index in [0.29, 0.717) is 38.2 Å². The van der Waals surface area contributed by atoms with Gasteiger partial charge >= 0.3 is 0 Å². The Morgan fingerprint density at radius 2 is 1.86 bits per heavy atom. The second-order valence-electron chi connectivity index (χ2n) is 9.37. The first kappa shape index (κ1) is 27.7. The van der Waals surface area contributed by atoms with E-state index in [1.54, 1.807) is 7.05 Å². The van der Waals surface area contributed by atoms with Crippen molar-refractivity contribution in [2.75, 3.05) is 20.2 Å². The summed E-state index contributed by atoms with van der Waals surface area (Å²) in [6, 6.07) is 13.4. The molecule has 2 aromatic rings. The van der Waals surface area contributed by atoms with Gasteiger partial charge in [-0.25, -0.2) is 0 Å². The van der Waals surface area contributed by atoms with Crippen LogP contribution in [0.5, 0.6) is 5.75 Å². The number of fused-ring (bicyclic) bond motifs is 2. The number of nitrogens with zero attached hydrogens (tertiary/aromatic N) is 1. The Bertz CT molecular complexity index is 1110. The maximum Gasteiger partial charge on any atom is 0.243 e. The van der Waals surface area contributed by atoms with Gasteiger partial charge in [-0.1, -0.05) is 36.4 Å². The molecule has 0 aromatic heterocycles. The molecule has 0 saturated heterocycles. The van der Waals surface area contributed by atoms with Gasteiger partial charge in [0.1, 0.15) is 17.8 Å². The Kier molecular flexibility index (Phi) is 10.1. The lowest BCUT2D eigenvalue weighted by Crippen LogP contribution is -2.54. The van der Waals surface area contributed by atoms with E-state index in [2.05, 4.69) is 16.0 Å². The van der Waals surface area contributed by atoms with Crippen molar-refractivity contribution < 1.29 is 23.9 Å². The van der Waals surface area contributed by atoms with E-state index < -0.39 is 23.9 Å². The minimum atomic E-state index is -1.09. The van der Waals surface area contributed by atoms with Crippen LogP contribution < -0.4 is 20.7 Å². The van der Waals surface area contributed by atoms with Crippen LogP contribution in [0.1, 0.15) is 42.9 Å². The smallest absolute Gasteiger partial charge is 0.243 e. The number of hydrogen-bond acceptors (Lipinski definition) is 5. The lowest BCUT2D eigenvalue weighted by atomic mass is 10.0. The molecule has 37 heavy (non-hydrogen) atoms. The molecule has 2 aromatic carbocycles. The molecule has 9 heteroatoms. The largest absolute Gasteiger partial charge is 0.494 e. The van der Waals surface area contributed by atoms with Crippen molar-refractivity contribution in [3.8, 4) is 5.75 Å². The molecule has 0 spiro atoms. The van der Waals surface area contributed by atoms with Crippen molar-refractivity contribution in [2.24, 2.45) is 0 Å². The number of aryl methyl sites for hydroxylation is 2. The SMILES string of the molecule is CC(=O)N[C@H]1CC(=O)N(C)CCCOc2ccc(C)c(c2)CNC(=O)[C@H](CCc2ccccc2)NC1=O. The van der Waals surface area contributed by atoms with Crippen LogP contribution in [0.2, 0.25) is 0 Å². The molecule has 1 aliphatic rings. The maximum absolute atomic E-state index is 13.3. The zero-order valence-electron chi connectivity index (χ0n) is 21.7. The van der Waals surface area contributed by atoms with E-state index in [1.807, 2.05) is 55.5 Å². The van der Waals surface area contributed by atoms with Crippen molar-refractivity contribution in [1.82, 2.24) is 20.9 Å². The number of amides is 4. The highest BCUT2D eigenvalue weighted by molar-refractivity contribution is 5.94. The van der Waals surface area contributed by atoms with Gasteiger partial charge in [0, 0.05) is 27.1 Å². The standard InChI is InChI=1S/C28H36N4O5/c1-19-10-12-23-16-22(19)18-29-27(35)24(13-11-21-8-5-4-6-9-21)31-28(36)25(30-20(2)33)17-26(34)32(3)14-7-15-37-23/h4-6,8-10,12,16,24-25H,7,11,13-15,17-18H2,1-3H3,(H,29,35)(H,30,33)(H,31,36)/t24-,25-/m0/s1. The topological polar surface area (TPSA) is 117 Å².